The van der Waals surface area contributed by atoms with Crippen LogP contribution in [0, 0.1) is 11.7 Å². The molecule has 29 heavy (non-hydrogen) atoms. The molecule has 1 saturated heterocycles. The molecule has 1 aliphatic heterocycles. The maximum atomic E-state index is 14.2. The highest BCUT2D eigenvalue weighted by Gasteiger charge is 2.27. The molecule has 2 aromatic carbocycles. The van der Waals surface area contributed by atoms with Crippen LogP contribution in [0.1, 0.15) is 29.8 Å². The van der Waals surface area contributed by atoms with E-state index in [9.17, 15) is 9.18 Å². The van der Waals surface area contributed by atoms with Crippen LogP contribution in [0.4, 0.5) is 4.39 Å². The predicted octanol–water partition coefficient (Wildman–Crippen LogP) is 4.48. The van der Waals surface area contributed by atoms with Gasteiger partial charge in [0.05, 0.1) is 18.3 Å². The molecule has 0 bridgehead atoms. The van der Waals surface area contributed by atoms with E-state index in [2.05, 4.69) is 4.90 Å². The molecule has 1 fully saturated rings. The lowest BCUT2D eigenvalue weighted by Gasteiger charge is -2.36. The first-order chi connectivity index (χ1) is 13.9. The van der Waals surface area contributed by atoms with Gasteiger partial charge >= 0.3 is 0 Å². The lowest BCUT2D eigenvalue weighted by Crippen LogP contribution is -2.49. The molecular formula is C23H28ClFN2O2. The zero-order chi connectivity index (χ0) is 20.8. The summed E-state index contributed by atoms with van der Waals surface area (Å²) in [6.45, 7) is 7.93. The van der Waals surface area contributed by atoms with Gasteiger partial charge in [0.1, 0.15) is 5.82 Å². The third kappa shape index (κ3) is 6.01. The van der Waals surface area contributed by atoms with Crippen molar-refractivity contribution in [2.24, 2.45) is 5.92 Å². The SMILES string of the molecule is CC(C)CN(CC1CN(Cc2ccccc2Cl)CCO1)C(=O)c1ccccc1F. The number of halogens is 2. The minimum Gasteiger partial charge on any atom is -0.374 e. The number of benzene rings is 2. The van der Waals surface area contributed by atoms with Crippen molar-refractivity contribution in [3.63, 3.8) is 0 Å². The average molecular weight is 419 g/mol. The Morgan fingerprint density at radius 2 is 1.97 bits per heavy atom. The molecule has 4 nitrogen and oxygen atoms in total. The molecule has 0 radical (unpaired) electrons. The lowest BCUT2D eigenvalue weighted by molar-refractivity contribution is -0.0438. The second-order valence-corrected chi connectivity index (χ2v) is 8.31. The number of carbonyl (C=O) groups excluding carboxylic acids is 1. The van der Waals surface area contributed by atoms with Gasteiger partial charge in [0.15, 0.2) is 0 Å². The number of morpholine rings is 1. The van der Waals surface area contributed by atoms with Crippen LogP contribution >= 0.6 is 11.6 Å². The topological polar surface area (TPSA) is 32.8 Å². The summed E-state index contributed by atoms with van der Waals surface area (Å²) in [7, 11) is 0. The molecule has 3 rings (SSSR count). The summed E-state index contributed by atoms with van der Waals surface area (Å²) >= 11 is 6.30. The average Bonchev–Trinajstić information content (AvgIpc) is 2.69. The number of rotatable bonds is 7. The third-order valence-corrected chi connectivity index (χ3v) is 5.34. The van der Waals surface area contributed by atoms with Crippen LogP contribution in [0.5, 0.6) is 0 Å². The summed E-state index contributed by atoms with van der Waals surface area (Å²) in [5, 5.41) is 0.756. The van der Waals surface area contributed by atoms with Gasteiger partial charge in [-0.1, -0.05) is 55.8 Å². The van der Waals surface area contributed by atoms with E-state index in [1.54, 1.807) is 17.0 Å². The summed E-state index contributed by atoms with van der Waals surface area (Å²) in [6, 6.07) is 14.0. The zero-order valence-electron chi connectivity index (χ0n) is 17.0. The monoisotopic (exact) mass is 418 g/mol. The van der Waals surface area contributed by atoms with Gasteiger partial charge in [-0.25, -0.2) is 4.39 Å². The van der Waals surface area contributed by atoms with Crippen molar-refractivity contribution >= 4 is 17.5 Å². The van der Waals surface area contributed by atoms with Gasteiger partial charge < -0.3 is 9.64 Å². The highest BCUT2D eigenvalue weighted by atomic mass is 35.5. The first-order valence-corrected chi connectivity index (χ1v) is 10.4. The van der Waals surface area contributed by atoms with Crippen LogP contribution in [0.25, 0.3) is 0 Å². The molecule has 6 heteroatoms. The lowest BCUT2D eigenvalue weighted by atomic mass is 10.1. The van der Waals surface area contributed by atoms with Crippen molar-refractivity contribution < 1.29 is 13.9 Å². The van der Waals surface area contributed by atoms with E-state index < -0.39 is 5.82 Å². The Hall–Kier alpha value is -1.95. The number of hydrogen-bond donors (Lipinski definition) is 0. The Balaban J connectivity index is 1.68. The van der Waals surface area contributed by atoms with Crippen LogP contribution < -0.4 is 0 Å². The number of nitrogens with zero attached hydrogens (tertiary/aromatic N) is 2. The molecule has 0 aromatic heterocycles. The molecule has 0 saturated carbocycles. The van der Waals surface area contributed by atoms with E-state index in [0.717, 1.165) is 23.7 Å². The fourth-order valence-electron chi connectivity index (χ4n) is 3.63. The molecule has 2 aromatic rings. The van der Waals surface area contributed by atoms with Crippen LogP contribution in [0.2, 0.25) is 5.02 Å². The molecule has 0 spiro atoms. The van der Waals surface area contributed by atoms with Gasteiger partial charge in [-0.15, -0.1) is 0 Å². The Kier molecular flexibility index (Phi) is 7.64. The first kappa shape index (κ1) is 21.8. The van der Waals surface area contributed by atoms with Gasteiger partial charge in [0.25, 0.3) is 5.91 Å². The summed E-state index contributed by atoms with van der Waals surface area (Å²) < 4.78 is 20.1. The summed E-state index contributed by atoms with van der Waals surface area (Å²) in [4.78, 5) is 17.0. The molecule has 0 aliphatic carbocycles. The highest BCUT2D eigenvalue weighted by molar-refractivity contribution is 6.31. The van der Waals surface area contributed by atoms with Gasteiger partial charge in [-0.2, -0.15) is 0 Å². The second-order valence-electron chi connectivity index (χ2n) is 7.90. The van der Waals surface area contributed by atoms with E-state index in [1.807, 2.05) is 38.1 Å². The van der Waals surface area contributed by atoms with Crippen molar-refractivity contribution in [2.75, 3.05) is 32.8 Å². The van der Waals surface area contributed by atoms with Gasteiger partial charge in [-0.05, 0) is 29.7 Å². The standard InChI is InChI=1S/C23H28ClFN2O2/c1-17(2)13-27(23(28)20-8-4-6-10-22(20)25)16-19-15-26(11-12-29-19)14-18-7-3-5-9-21(18)24/h3-10,17,19H,11-16H2,1-2H3. The predicted molar refractivity (Wildman–Crippen MR) is 114 cm³/mol. The molecule has 1 aliphatic rings. The van der Waals surface area contributed by atoms with Gasteiger partial charge in [0.2, 0.25) is 0 Å². The van der Waals surface area contributed by atoms with E-state index in [-0.39, 0.29) is 23.5 Å². The van der Waals surface area contributed by atoms with Crippen LogP contribution in [-0.4, -0.2) is 54.6 Å². The van der Waals surface area contributed by atoms with Crippen LogP contribution in [0.15, 0.2) is 48.5 Å². The van der Waals surface area contributed by atoms with E-state index >= 15 is 0 Å². The van der Waals surface area contributed by atoms with Crippen molar-refractivity contribution in [2.45, 2.75) is 26.5 Å². The Morgan fingerprint density at radius 3 is 2.69 bits per heavy atom. The summed E-state index contributed by atoms with van der Waals surface area (Å²) in [5.41, 5.74) is 1.19. The number of ether oxygens (including phenoxy) is 1. The summed E-state index contributed by atoms with van der Waals surface area (Å²) in [5.74, 6) is -0.506. The van der Waals surface area contributed by atoms with E-state index in [4.69, 9.17) is 16.3 Å². The Labute approximate surface area is 177 Å². The quantitative estimate of drug-likeness (QED) is 0.664. The Morgan fingerprint density at radius 1 is 1.24 bits per heavy atom. The maximum Gasteiger partial charge on any atom is 0.256 e. The van der Waals surface area contributed by atoms with Gasteiger partial charge in [-0.3, -0.25) is 9.69 Å². The third-order valence-electron chi connectivity index (χ3n) is 4.98. The highest BCUT2D eigenvalue weighted by Crippen LogP contribution is 2.20. The largest absolute Gasteiger partial charge is 0.374 e. The zero-order valence-corrected chi connectivity index (χ0v) is 17.7. The number of amides is 1. The maximum absolute atomic E-state index is 14.2. The minimum atomic E-state index is -0.490. The fraction of sp³-hybridized carbons (Fsp3) is 0.435. The van der Waals surface area contributed by atoms with Gasteiger partial charge in [0, 0.05) is 37.7 Å². The minimum absolute atomic E-state index is 0.108. The fourth-order valence-corrected chi connectivity index (χ4v) is 3.83. The molecular weight excluding hydrogens is 391 g/mol. The normalized spacial score (nSPS) is 17.5. The van der Waals surface area contributed by atoms with Crippen LogP contribution in [0.3, 0.4) is 0 Å². The molecule has 1 amide bonds. The molecule has 1 unspecified atom stereocenters. The Bertz CT molecular complexity index is 830. The molecule has 1 heterocycles. The van der Waals surface area contributed by atoms with Crippen molar-refractivity contribution in [3.8, 4) is 0 Å². The van der Waals surface area contributed by atoms with E-state index in [0.29, 0.717) is 26.2 Å². The second kappa shape index (κ2) is 10.2. The smallest absolute Gasteiger partial charge is 0.256 e. The number of carbonyl (C=O) groups is 1. The van der Waals surface area contributed by atoms with Crippen molar-refractivity contribution in [1.82, 2.24) is 9.80 Å². The number of hydrogen-bond acceptors (Lipinski definition) is 3. The molecule has 0 N–H and O–H groups in total. The summed E-state index contributed by atoms with van der Waals surface area (Å²) in [6.07, 6.45) is -0.124. The van der Waals surface area contributed by atoms with Crippen molar-refractivity contribution in [1.29, 1.82) is 0 Å². The van der Waals surface area contributed by atoms with E-state index in [1.165, 1.54) is 12.1 Å². The first-order valence-electron chi connectivity index (χ1n) is 10.0. The molecule has 156 valence electrons. The molecule has 1 atom stereocenters. The van der Waals surface area contributed by atoms with Crippen LogP contribution in [-0.2, 0) is 11.3 Å². The van der Waals surface area contributed by atoms with Crippen molar-refractivity contribution in [3.05, 3.63) is 70.5 Å².